The Hall–Kier alpha value is -0.280. The Labute approximate surface area is 92.7 Å². The molecular weight excluding hydrogens is 223 g/mol. The molecule has 1 saturated heterocycles. The van der Waals surface area contributed by atoms with Crippen molar-refractivity contribution < 1.29 is 9.47 Å². The molecule has 14 heavy (non-hydrogen) atoms. The van der Waals surface area contributed by atoms with Crippen LogP contribution in [0.3, 0.4) is 0 Å². The molecule has 2 rings (SSSR count). The lowest BCUT2D eigenvalue weighted by Crippen LogP contribution is -2.29. The Morgan fingerprint density at radius 2 is 2.21 bits per heavy atom. The van der Waals surface area contributed by atoms with Crippen LogP contribution in [0.15, 0.2) is 18.2 Å². The maximum absolute atomic E-state index is 5.96. The van der Waals surface area contributed by atoms with Crippen molar-refractivity contribution in [1.29, 1.82) is 0 Å². The van der Waals surface area contributed by atoms with Crippen LogP contribution in [-0.4, -0.2) is 12.9 Å². The van der Waals surface area contributed by atoms with E-state index in [0.717, 1.165) is 18.6 Å². The van der Waals surface area contributed by atoms with Gasteiger partial charge in [0, 0.05) is 16.5 Å². The van der Waals surface area contributed by atoms with Gasteiger partial charge < -0.3 is 9.47 Å². The van der Waals surface area contributed by atoms with E-state index in [2.05, 4.69) is 0 Å². The molecular formula is C10H10Cl2O2. The average Bonchev–Trinajstić information content (AvgIpc) is 2.08. The van der Waals surface area contributed by atoms with Gasteiger partial charge >= 0.3 is 0 Å². The summed E-state index contributed by atoms with van der Waals surface area (Å²) in [5.74, 6) is 0. The first-order chi connectivity index (χ1) is 6.75. The average molecular weight is 233 g/mol. The fourth-order valence-electron chi connectivity index (χ4n) is 1.18. The van der Waals surface area contributed by atoms with Gasteiger partial charge in [0.25, 0.3) is 0 Å². The molecule has 0 radical (unpaired) electrons. The fourth-order valence-corrected chi connectivity index (χ4v) is 1.55. The Balaban J connectivity index is 1.96. The number of halogens is 2. The zero-order chi connectivity index (χ0) is 9.97. The normalized spacial score (nSPS) is 20.6. The first kappa shape index (κ1) is 10.2. The molecule has 1 aliphatic heterocycles. The molecule has 76 valence electrons. The standard InChI is InChI=1S/C10H10Cl2O2/c11-8-1-2-9(12)7(5-8)6-14-10-3-4-13-10/h1-2,5,10H,3-4,6H2. The minimum Gasteiger partial charge on any atom is -0.352 e. The smallest absolute Gasteiger partial charge is 0.160 e. The number of benzene rings is 1. The Morgan fingerprint density at radius 1 is 1.43 bits per heavy atom. The molecule has 1 unspecified atom stereocenters. The number of hydrogen-bond acceptors (Lipinski definition) is 2. The van der Waals surface area contributed by atoms with Crippen molar-refractivity contribution in [3.63, 3.8) is 0 Å². The summed E-state index contributed by atoms with van der Waals surface area (Å²) in [7, 11) is 0. The zero-order valence-electron chi connectivity index (χ0n) is 7.50. The summed E-state index contributed by atoms with van der Waals surface area (Å²) in [4.78, 5) is 0. The molecule has 0 amide bonds. The summed E-state index contributed by atoms with van der Waals surface area (Å²) in [6, 6.07) is 5.33. The minimum absolute atomic E-state index is 0.0648. The van der Waals surface area contributed by atoms with Crippen molar-refractivity contribution in [2.24, 2.45) is 0 Å². The van der Waals surface area contributed by atoms with Gasteiger partial charge in [0.15, 0.2) is 6.29 Å². The first-order valence-electron chi connectivity index (χ1n) is 4.43. The van der Waals surface area contributed by atoms with E-state index in [9.17, 15) is 0 Å². The highest BCUT2D eigenvalue weighted by atomic mass is 35.5. The van der Waals surface area contributed by atoms with Crippen LogP contribution >= 0.6 is 23.2 Å². The van der Waals surface area contributed by atoms with Gasteiger partial charge in [-0.1, -0.05) is 23.2 Å². The van der Waals surface area contributed by atoms with Crippen LogP contribution in [0.25, 0.3) is 0 Å². The Morgan fingerprint density at radius 3 is 2.86 bits per heavy atom. The van der Waals surface area contributed by atoms with Crippen LogP contribution < -0.4 is 0 Å². The van der Waals surface area contributed by atoms with Gasteiger partial charge in [-0.05, 0) is 23.8 Å². The number of rotatable bonds is 3. The Bertz CT molecular complexity index is 324. The van der Waals surface area contributed by atoms with Crippen LogP contribution in [-0.2, 0) is 16.1 Å². The van der Waals surface area contributed by atoms with Crippen LogP contribution in [0.4, 0.5) is 0 Å². The quantitative estimate of drug-likeness (QED) is 0.797. The van der Waals surface area contributed by atoms with E-state index in [1.54, 1.807) is 12.1 Å². The molecule has 0 saturated carbocycles. The topological polar surface area (TPSA) is 18.5 Å². The molecule has 1 aromatic carbocycles. The van der Waals surface area contributed by atoms with E-state index in [1.165, 1.54) is 0 Å². The molecule has 0 bridgehead atoms. The van der Waals surface area contributed by atoms with Gasteiger partial charge in [-0.3, -0.25) is 0 Å². The SMILES string of the molecule is Clc1ccc(Cl)c(COC2CCO2)c1. The zero-order valence-corrected chi connectivity index (χ0v) is 9.02. The van der Waals surface area contributed by atoms with Gasteiger partial charge in [-0.2, -0.15) is 0 Å². The Kier molecular flexibility index (Phi) is 3.29. The third-order valence-electron chi connectivity index (χ3n) is 2.09. The van der Waals surface area contributed by atoms with Crippen molar-refractivity contribution in [2.75, 3.05) is 6.61 Å². The predicted octanol–water partition coefficient (Wildman–Crippen LogP) is 3.26. The monoisotopic (exact) mass is 232 g/mol. The predicted molar refractivity (Wildman–Crippen MR) is 55.6 cm³/mol. The van der Waals surface area contributed by atoms with Gasteiger partial charge in [-0.25, -0.2) is 0 Å². The van der Waals surface area contributed by atoms with Crippen LogP contribution in [0, 0.1) is 0 Å². The molecule has 0 aromatic heterocycles. The lowest BCUT2D eigenvalue weighted by atomic mass is 10.2. The van der Waals surface area contributed by atoms with Gasteiger partial charge in [0.1, 0.15) is 0 Å². The maximum Gasteiger partial charge on any atom is 0.160 e. The molecule has 1 heterocycles. The molecule has 0 spiro atoms. The molecule has 2 nitrogen and oxygen atoms in total. The van der Waals surface area contributed by atoms with E-state index in [0.29, 0.717) is 16.7 Å². The summed E-state index contributed by atoms with van der Waals surface area (Å²) in [5.41, 5.74) is 0.898. The summed E-state index contributed by atoms with van der Waals surface area (Å²) >= 11 is 11.8. The van der Waals surface area contributed by atoms with Crippen LogP contribution in [0.5, 0.6) is 0 Å². The summed E-state index contributed by atoms with van der Waals surface area (Å²) in [6.45, 7) is 1.23. The number of ether oxygens (including phenoxy) is 2. The summed E-state index contributed by atoms with van der Waals surface area (Å²) in [5, 5.41) is 1.34. The largest absolute Gasteiger partial charge is 0.352 e. The highest BCUT2D eigenvalue weighted by Crippen LogP contribution is 2.23. The van der Waals surface area contributed by atoms with Crippen molar-refractivity contribution in [2.45, 2.75) is 19.3 Å². The molecule has 1 aliphatic rings. The van der Waals surface area contributed by atoms with E-state index in [4.69, 9.17) is 32.7 Å². The van der Waals surface area contributed by atoms with Crippen molar-refractivity contribution in [3.05, 3.63) is 33.8 Å². The van der Waals surface area contributed by atoms with E-state index in [1.807, 2.05) is 6.07 Å². The highest BCUT2D eigenvalue weighted by molar-refractivity contribution is 6.33. The van der Waals surface area contributed by atoms with Crippen LogP contribution in [0.1, 0.15) is 12.0 Å². The highest BCUT2D eigenvalue weighted by Gasteiger charge is 2.18. The molecule has 0 N–H and O–H groups in total. The van der Waals surface area contributed by atoms with Crippen molar-refractivity contribution >= 4 is 23.2 Å². The van der Waals surface area contributed by atoms with E-state index < -0.39 is 0 Å². The molecule has 1 aromatic rings. The lowest BCUT2D eigenvalue weighted by molar-refractivity contribution is -0.220. The van der Waals surface area contributed by atoms with Crippen molar-refractivity contribution in [3.8, 4) is 0 Å². The second-order valence-electron chi connectivity index (χ2n) is 3.14. The van der Waals surface area contributed by atoms with Gasteiger partial charge in [0.2, 0.25) is 0 Å². The van der Waals surface area contributed by atoms with Gasteiger partial charge in [-0.15, -0.1) is 0 Å². The lowest BCUT2D eigenvalue weighted by Gasteiger charge is -2.26. The second-order valence-corrected chi connectivity index (χ2v) is 3.98. The second kappa shape index (κ2) is 4.49. The summed E-state index contributed by atoms with van der Waals surface area (Å²) < 4.78 is 10.6. The first-order valence-corrected chi connectivity index (χ1v) is 5.18. The molecule has 0 aliphatic carbocycles. The van der Waals surface area contributed by atoms with E-state index >= 15 is 0 Å². The fraction of sp³-hybridized carbons (Fsp3) is 0.400. The molecule has 4 heteroatoms. The van der Waals surface area contributed by atoms with Crippen molar-refractivity contribution in [1.82, 2.24) is 0 Å². The molecule has 1 fully saturated rings. The van der Waals surface area contributed by atoms with E-state index in [-0.39, 0.29) is 6.29 Å². The number of hydrogen-bond donors (Lipinski definition) is 0. The third-order valence-corrected chi connectivity index (χ3v) is 2.69. The van der Waals surface area contributed by atoms with Crippen LogP contribution in [0.2, 0.25) is 10.0 Å². The minimum atomic E-state index is -0.0648. The summed E-state index contributed by atoms with van der Waals surface area (Å²) in [6.07, 6.45) is 0.892. The third kappa shape index (κ3) is 2.39. The van der Waals surface area contributed by atoms with Gasteiger partial charge in [0.05, 0.1) is 13.2 Å². The molecule has 1 atom stereocenters. The maximum atomic E-state index is 5.96.